The van der Waals surface area contributed by atoms with Gasteiger partial charge in [0.05, 0.1) is 8.95 Å². The Morgan fingerprint density at radius 2 is 1.96 bits per heavy atom. The second-order valence-corrected chi connectivity index (χ2v) is 9.65. The summed E-state index contributed by atoms with van der Waals surface area (Å²) in [6, 6.07) is 9.56. The number of aliphatic hydroxyl groups is 1. The van der Waals surface area contributed by atoms with Crippen LogP contribution in [-0.4, -0.2) is 46.9 Å². The van der Waals surface area contributed by atoms with Crippen LogP contribution in [0.25, 0.3) is 0 Å². The Morgan fingerprint density at radius 1 is 1.21 bits per heavy atom. The number of ether oxygens (including phenoxy) is 1. The molecule has 3 unspecified atom stereocenters. The van der Waals surface area contributed by atoms with Crippen LogP contribution in [0.1, 0.15) is 23.6 Å². The second-order valence-electron chi connectivity index (χ2n) is 7.94. The number of aromatic nitrogens is 1. The maximum atomic E-state index is 12.1. The highest BCUT2D eigenvalue weighted by Gasteiger charge is 2.34. The molecule has 0 spiro atoms. The van der Waals surface area contributed by atoms with Gasteiger partial charge in [0.25, 0.3) is 5.56 Å². The molecule has 2 aliphatic heterocycles. The number of hydrogen-bond acceptors (Lipinski definition) is 4. The zero-order chi connectivity index (χ0) is 19.8. The number of benzene rings is 1. The highest BCUT2D eigenvalue weighted by molar-refractivity contribution is 9.11. The van der Waals surface area contributed by atoms with E-state index < -0.39 is 6.10 Å². The molecule has 0 amide bonds. The topological polar surface area (TPSA) is 54.7 Å². The summed E-state index contributed by atoms with van der Waals surface area (Å²) in [6.45, 7) is 5.39. The summed E-state index contributed by atoms with van der Waals surface area (Å²) in [5, 5.41) is 10.5. The van der Waals surface area contributed by atoms with E-state index >= 15 is 0 Å². The summed E-state index contributed by atoms with van der Waals surface area (Å²) in [4.78, 5) is 14.4. The third-order valence-electron chi connectivity index (χ3n) is 5.59. The van der Waals surface area contributed by atoms with Gasteiger partial charge in [-0.15, -0.1) is 0 Å². The molecule has 5 nitrogen and oxygen atoms in total. The Balaban J connectivity index is 1.37. The predicted octanol–water partition coefficient (Wildman–Crippen LogP) is 3.54. The number of β-amino-alcohol motifs (C(OH)–C–C–N with tert-alkyl or cyclic N) is 1. The zero-order valence-electron chi connectivity index (χ0n) is 15.8. The average molecular weight is 512 g/mol. The summed E-state index contributed by atoms with van der Waals surface area (Å²) in [7, 11) is 0. The van der Waals surface area contributed by atoms with Crippen LogP contribution in [0, 0.1) is 12.8 Å². The summed E-state index contributed by atoms with van der Waals surface area (Å²) >= 11 is 7.05. The molecule has 2 aromatic rings. The normalized spacial score (nSPS) is 22.6. The Bertz CT molecular complexity index is 907. The van der Waals surface area contributed by atoms with Crippen LogP contribution in [0.3, 0.4) is 0 Å². The van der Waals surface area contributed by atoms with Crippen LogP contribution in [0.4, 0.5) is 0 Å². The number of hydrogen-bond donors (Lipinski definition) is 1. The van der Waals surface area contributed by atoms with Gasteiger partial charge in [-0.1, -0.05) is 6.07 Å². The largest absolute Gasteiger partial charge is 0.488 e. The molecule has 1 aromatic heterocycles. The predicted molar refractivity (Wildman–Crippen MR) is 116 cm³/mol. The van der Waals surface area contributed by atoms with E-state index in [-0.39, 0.29) is 12.2 Å². The highest BCUT2D eigenvalue weighted by atomic mass is 79.9. The van der Waals surface area contributed by atoms with Crippen molar-refractivity contribution in [2.75, 3.05) is 26.2 Å². The molecule has 3 atom stereocenters. The molecule has 7 heteroatoms. The number of nitrogens with zero attached hydrogens (tertiary/aromatic N) is 2. The van der Waals surface area contributed by atoms with Crippen molar-refractivity contribution in [3.05, 3.63) is 60.9 Å². The monoisotopic (exact) mass is 510 g/mol. The lowest BCUT2D eigenvalue weighted by atomic mass is 9.83. The fraction of sp³-hybridized carbons (Fsp3) is 0.476. The first-order chi connectivity index (χ1) is 13.4. The van der Waals surface area contributed by atoms with E-state index in [4.69, 9.17) is 4.74 Å². The van der Waals surface area contributed by atoms with Gasteiger partial charge in [0.15, 0.2) is 0 Å². The molecule has 150 valence electrons. The fourth-order valence-electron chi connectivity index (χ4n) is 4.50. The molecule has 0 aliphatic carbocycles. The Labute approximate surface area is 181 Å². The third-order valence-corrected chi connectivity index (χ3v) is 6.77. The van der Waals surface area contributed by atoms with E-state index in [0.29, 0.717) is 24.1 Å². The Hall–Kier alpha value is -1.15. The minimum absolute atomic E-state index is 0.100. The number of likely N-dealkylation sites (tertiary alicyclic amines) is 1. The molecule has 1 N–H and O–H groups in total. The van der Waals surface area contributed by atoms with Crippen LogP contribution in [0.15, 0.2) is 44.1 Å². The minimum Gasteiger partial charge on any atom is -0.488 e. The van der Waals surface area contributed by atoms with Gasteiger partial charge < -0.3 is 14.4 Å². The van der Waals surface area contributed by atoms with Crippen molar-refractivity contribution in [2.45, 2.75) is 31.9 Å². The lowest BCUT2D eigenvalue weighted by Gasteiger charge is -2.43. The van der Waals surface area contributed by atoms with Crippen LogP contribution in [0.2, 0.25) is 0 Å². The molecule has 1 saturated heterocycles. The SMILES string of the molecule is Cc1cc(Br)c(OCC(O)CN2CC3CC(C2)c2cccc(=O)n2C3)c(Br)c1. The smallest absolute Gasteiger partial charge is 0.250 e. The molecular formula is C21H24Br2N2O3. The van der Waals surface area contributed by atoms with E-state index in [2.05, 4.69) is 42.8 Å². The number of piperidine rings is 1. The number of pyridine rings is 1. The third kappa shape index (κ3) is 4.22. The first-order valence-electron chi connectivity index (χ1n) is 9.59. The van der Waals surface area contributed by atoms with Crippen molar-refractivity contribution in [1.82, 2.24) is 9.47 Å². The molecule has 2 bridgehead atoms. The fourth-order valence-corrected chi connectivity index (χ4v) is 6.14. The lowest BCUT2D eigenvalue weighted by molar-refractivity contribution is 0.0381. The molecule has 28 heavy (non-hydrogen) atoms. The van der Waals surface area contributed by atoms with Crippen molar-refractivity contribution in [2.24, 2.45) is 5.92 Å². The van der Waals surface area contributed by atoms with Gasteiger partial charge in [0.1, 0.15) is 18.5 Å². The van der Waals surface area contributed by atoms with Gasteiger partial charge in [-0.3, -0.25) is 9.69 Å². The second kappa shape index (κ2) is 8.30. The van der Waals surface area contributed by atoms with Gasteiger partial charge in [0.2, 0.25) is 0 Å². The van der Waals surface area contributed by atoms with E-state index in [1.54, 1.807) is 6.07 Å². The summed E-state index contributed by atoms with van der Waals surface area (Å²) < 4.78 is 9.56. The van der Waals surface area contributed by atoms with E-state index in [0.717, 1.165) is 46.3 Å². The zero-order valence-corrected chi connectivity index (χ0v) is 18.9. The molecule has 0 radical (unpaired) electrons. The number of aliphatic hydroxyl groups excluding tert-OH is 1. The van der Waals surface area contributed by atoms with Crippen molar-refractivity contribution >= 4 is 31.9 Å². The maximum Gasteiger partial charge on any atom is 0.250 e. The van der Waals surface area contributed by atoms with Gasteiger partial charge in [-0.25, -0.2) is 0 Å². The Kier molecular flexibility index (Phi) is 5.97. The number of rotatable bonds is 5. The van der Waals surface area contributed by atoms with Crippen LogP contribution < -0.4 is 10.3 Å². The van der Waals surface area contributed by atoms with Crippen LogP contribution >= 0.6 is 31.9 Å². The van der Waals surface area contributed by atoms with E-state index in [9.17, 15) is 9.90 Å². The first kappa shape index (κ1) is 20.1. The number of halogens is 2. The molecule has 4 rings (SSSR count). The first-order valence-corrected chi connectivity index (χ1v) is 11.2. The number of aryl methyl sites for hydroxylation is 1. The Morgan fingerprint density at radius 3 is 2.71 bits per heavy atom. The molecule has 1 aromatic carbocycles. The standard InChI is InChI=1S/C21H24Br2N2O3/c1-13-5-17(22)21(18(23)6-13)28-12-16(26)11-24-8-14-7-15(10-24)19-3-2-4-20(27)25(19)9-14/h2-6,14-16,26H,7-12H2,1H3. The maximum absolute atomic E-state index is 12.1. The van der Waals surface area contributed by atoms with Crippen LogP contribution in [0.5, 0.6) is 5.75 Å². The van der Waals surface area contributed by atoms with Crippen molar-refractivity contribution in [3.8, 4) is 5.75 Å². The van der Waals surface area contributed by atoms with Gasteiger partial charge >= 0.3 is 0 Å². The molecule has 3 heterocycles. The van der Waals surface area contributed by atoms with E-state index in [1.807, 2.05) is 29.7 Å². The summed E-state index contributed by atoms with van der Waals surface area (Å²) in [6.07, 6.45) is 0.549. The highest BCUT2D eigenvalue weighted by Crippen LogP contribution is 2.36. The van der Waals surface area contributed by atoms with Crippen molar-refractivity contribution < 1.29 is 9.84 Å². The summed E-state index contributed by atoms with van der Waals surface area (Å²) in [5.41, 5.74) is 2.36. The van der Waals surface area contributed by atoms with Crippen molar-refractivity contribution in [3.63, 3.8) is 0 Å². The lowest BCUT2D eigenvalue weighted by Crippen LogP contribution is -2.49. The quantitative estimate of drug-likeness (QED) is 0.667. The minimum atomic E-state index is -0.572. The molecule has 0 saturated carbocycles. The van der Waals surface area contributed by atoms with Crippen LogP contribution in [-0.2, 0) is 6.54 Å². The van der Waals surface area contributed by atoms with Gasteiger partial charge in [-0.2, -0.15) is 0 Å². The average Bonchev–Trinajstić information content (AvgIpc) is 2.61. The number of fused-ring (bicyclic) bond motifs is 4. The summed E-state index contributed by atoms with van der Waals surface area (Å²) in [5.74, 6) is 1.53. The molecule has 1 fully saturated rings. The van der Waals surface area contributed by atoms with Gasteiger partial charge in [-0.05, 0) is 74.9 Å². The van der Waals surface area contributed by atoms with Gasteiger partial charge in [0, 0.05) is 43.9 Å². The molecular weight excluding hydrogens is 488 g/mol. The van der Waals surface area contributed by atoms with Crippen molar-refractivity contribution in [1.29, 1.82) is 0 Å². The van der Waals surface area contributed by atoms with E-state index in [1.165, 1.54) is 0 Å². The molecule has 2 aliphatic rings.